The summed E-state index contributed by atoms with van der Waals surface area (Å²) in [5.41, 5.74) is 0.964. The van der Waals surface area contributed by atoms with Crippen LogP contribution in [-0.2, 0) is 9.53 Å². The van der Waals surface area contributed by atoms with Crippen LogP contribution >= 0.6 is 0 Å². The van der Waals surface area contributed by atoms with Crippen molar-refractivity contribution in [2.75, 3.05) is 6.61 Å². The first kappa shape index (κ1) is 10.6. The third-order valence-electron chi connectivity index (χ3n) is 1.59. The van der Waals surface area contributed by atoms with Gasteiger partial charge in [-0.2, -0.15) is 0 Å². The van der Waals surface area contributed by atoms with Crippen molar-refractivity contribution in [1.82, 2.24) is 4.98 Å². The smallest absolute Gasteiger partial charge is 0.330 e. The highest BCUT2D eigenvalue weighted by atomic mass is 16.5. The molecule has 3 heteroatoms. The van der Waals surface area contributed by atoms with Gasteiger partial charge >= 0.3 is 5.97 Å². The number of carbonyl (C=O) groups is 1. The molecule has 0 aliphatic carbocycles. The fourth-order valence-corrected chi connectivity index (χ4v) is 0.902. The van der Waals surface area contributed by atoms with E-state index in [2.05, 4.69) is 4.98 Å². The molecule has 0 aliphatic heterocycles. The van der Waals surface area contributed by atoms with Gasteiger partial charge in [0.15, 0.2) is 0 Å². The average Bonchev–Trinajstić information content (AvgIpc) is 2.63. The Hall–Kier alpha value is -1.51. The minimum absolute atomic E-state index is 0.292. The van der Waals surface area contributed by atoms with Gasteiger partial charge in [0.05, 0.1) is 6.61 Å². The molecule has 14 heavy (non-hydrogen) atoms. The maximum Gasteiger partial charge on any atom is 0.330 e. The summed E-state index contributed by atoms with van der Waals surface area (Å²) in [6.07, 6.45) is 6.77. The molecular formula is C11H15NO2. The van der Waals surface area contributed by atoms with Gasteiger partial charge in [-0.1, -0.05) is 13.8 Å². The van der Waals surface area contributed by atoms with Crippen LogP contribution in [0, 0.1) is 5.92 Å². The molecule has 0 bridgehead atoms. The van der Waals surface area contributed by atoms with Crippen molar-refractivity contribution in [3.63, 3.8) is 0 Å². The summed E-state index contributed by atoms with van der Waals surface area (Å²) < 4.78 is 4.97. The molecule has 1 rings (SSSR count). The van der Waals surface area contributed by atoms with E-state index in [1.807, 2.05) is 26.1 Å². The quantitative estimate of drug-likeness (QED) is 0.588. The molecule has 76 valence electrons. The second-order valence-electron chi connectivity index (χ2n) is 3.50. The molecule has 1 aromatic heterocycles. The molecule has 0 amide bonds. The van der Waals surface area contributed by atoms with Crippen LogP contribution in [0.25, 0.3) is 6.08 Å². The van der Waals surface area contributed by atoms with Gasteiger partial charge < -0.3 is 9.72 Å². The van der Waals surface area contributed by atoms with Crippen molar-refractivity contribution < 1.29 is 9.53 Å². The first-order valence-electron chi connectivity index (χ1n) is 4.66. The number of hydrogen-bond donors (Lipinski definition) is 1. The number of aromatic nitrogens is 1. The van der Waals surface area contributed by atoms with Crippen molar-refractivity contribution in [2.24, 2.45) is 5.92 Å². The third-order valence-corrected chi connectivity index (χ3v) is 1.59. The lowest BCUT2D eigenvalue weighted by atomic mass is 10.2. The van der Waals surface area contributed by atoms with E-state index in [-0.39, 0.29) is 5.97 Å². The molecule has 0 saturated carbocycles. The van der Waals surface area contributed by atoms with Gasteiger partial charge in [-0.25, -0.2) is 4.79 Å². The predicted octanol–water partition coefficient (Wildman–Crippen LogP) is 2.23. The minimum atomic E-state index is -0.292. The Labute approximate surface area is 83.8 Å². The average molecular weight is 193 g/mol. The van der Waals surface area contributed by atoms with E-state index in [1.165, 1.54) is 6.08 Å². The lowest BCUT2D eigenvalue weighted by Gasteiger charge is -2.03. The molecule has 0 saturated heterocycles. The Bertz CT molecular complexity index is 299. The van der Waals surface area contributed by atoms with Crippen molar-refractivity contribution in [3.8, 4) is 0 Å². The van der Waals surface area contributed by atoms with Crippen LogP contribution in [0.2, 0.25) is 0 Å². The number of rotatable bonds is 4. The highest BCUT2D eigenvalue weighted by molar-refractivity contribution is 5.86. The van der Waals surface area contributed by atoms with Gasteiger partial charge in [-0.15, -0.1) is 0 Å². The molecule has 0 fully saturated rings. The number of aromatic amines is 1. The maximum absolute atomic E-state index is 11.1. The van der Waals surface area contributed by atoms with Gasteiger partial charge in [-0.05, 0) is 23.6 Å². The van der Waals surface area contributed by atoms with E-state index in [0.717, 1.165) is 5.56 Å². The summed E-state index contributed by atoms with van der Waals surface area (Å²) in [7, 11) is 0. The number of ether oxygens (including phenoxy) is 1. The lowest BCUT2D eigenvalue weighted by molar-refractivity contribution is -0.138. The van der Waals surface area contributed by atoms with Gasteiger partial charge in [0, 0.05) is 18.5 Å². The topological polar surface area (TPSA) is 42.1 Å². The molecule has 0 aliphatic rings. The van der Waals surface area contributed by atoms with E-state index >= 15 is 0 Å². The van der Waals surface area contributed by atoms with Crippen molar-refractivity contribution >= 4 is 12.0 Å². The Kier molecular flexibility index (Phi) is 3.98. The summed E-state index contributed by atoms with van der Waals surface area (Å²) >= 11 is 0. The van der Waals surface area contributed by atoms with Crippen LogP contribution in [0.4, 0.5) is 0 Å². The molecule has 0 unspecified atom stereocenters. The van der Waals surface area contributed by atoms with E-state index in [9.17, 15) is 4.79 Å². The minimum Gasteiger partial charge on any atom is -0.462 e. The molecule has 1 aromatic rings. The Morgan fingerprint density at radius 3 is 3.00 bits per heavy atom. The molecule has 0 radical (unpaired) electrons. The van der Waals surface area contributed by atoms with Gasteiger partial charge in [0.2, 0.25) is 0 Å². The number of esters is 1. The normalized spacial score (nSPS) is 11.1. The van der Waals surface area contributed by atoms with E-state index in [1.54, 1.807) is 12.3 Å². The molecule has 0 atom stereocenters. The van der Waals surface area contributed by atoms with Crippen molar-refractivity contribution in [1.29, 1.82) is 0 Å². The Balaban J connectivity index is 2.34. The summed E-state index contributed by atoms with van der Waals surface area (Å²) in [5.74, 6) is 0.0829. The fraction of sp³-hybridized carbons (Fsp3) is 0.364. The SMILES string of the molecule is CC(C)COC(=O)/C=C/c1cc[nH]c1. The third kappa shape index (κ3) is 3.94. The zero-order chi connectivity index (χ0) is 10.4. The Morgan fingerprint density at radius 2 is 2.43 bits per heavy atom. The largest absolute Gasteiger partial charge is 0.462 e. The van der Waals surface area contributed by atoms with Gasteiger partial charge in [0.1, 0.15) is 0 Å². The second-order valence-corrected chi connectivity index (χ2v) is 3.50. The van der Waals surface area contributed by atoms with E-state index < -0.39 is 0 Å². The number of H-pyrrole nitrogens is 1. The van der Waals surface area contributed by atoms with Gasteiger partial charge in [-0.3, -0.25) is 0 Å². The van der Waals surface area contributed by atoms with Crippen LogP contribution in [0.5, 0.6) is 0 Å². The van der Waals surface area contributed by atoms with E-state index in [4.69, 9.17) is 4.74 Å². The van der Waals surface area contributed by atoms with Crippen LogP contribution in [0.3, 0.4) is 0 Å². The lowest BCUT2D eigenvalue weighted by Crippen LogP contribution is -2.06. The summed E-state index contributed by atoms with van der Waals surface area (Å²) in [6, 6.07) is 1.88. The molecule has 1 N–H and O–H groups in total. The molecule has 1 heterocycles. The number of nitrogens with one attached hydrogen (secondary N) is 1. The van der Waals surface area contributed by atoms with Crippen molar-refractivity contribution in [3.05, 3.63) is 30.1 Å². The summed E-state index contributed by atoms with van der Waals surface area (Å²) in [5, 5.41) is 0. The van der Waals surface area contributed by atoms with Gasteiger partial charge in [0.25, 0.3) is 0 Å². The van der Waals surface area contributed by atoms with Crippen molar-refractivity contribution in [2.45, 2.75) is 13.8 Å². The highest BCUT2D eigenvalue weighted by Crippen LogP contribution is 2.00. The number of carbonyl (C=O) groups excluding carboxylic acids is 1. The van der Waals surface area contributed by atoms with Crippen LogP contribution in [-0.4, -0.2) is 17.6 Å². The van der Waals surface area contributed by atoms with Crippen LogP contribution in [0.1, 0.15) is 19.4 Å². The maximum atomic E-state index is 11.1. The highest BCUT2D eigenvalue weighted by Gasteiger charge is 1.99. The zero-order valence-electron chi connectivity index (χ0n) is 8.49. The standard InChI is InChI=1S/C11H15NO2/c1-9(2)8-14-11(13)4-3-10-5-6-12-7-10/h3-7,9,12H,8H2,1-2H3/b4-3+. The van der Waals surface area contributed by atoms with Crippen LogP contribution < -0.4 is 0 Å². The predicted molar refractivity (Wildman–Crippen MR) is 55.6 cm³/mol. The molecule has 3 nitrogen and oxygen atoms in total. The first-order valence-corrected chi connectivity index (χ1v) is 4.66. The first-order chi connectivity index (χ1) is 6.68. The number of hydrogen-bond acceptors (Lipinski definition) is 2. The summed E-state index contributed by atoms with van der Waals surface area (Å²) in [4.78, 5) is 14.0. The zero-order valence-corrected chi connectivity index (χ0v) is 8.49. The molecule has 0 aromatic carbocycles. The fourth-order valence-electron chi connectivity index (χ4n) is 0.902. The molecular weight excluding hydrogens is 178 g/mol. The monoisotopic (exact) mass is 193 g/mol. The molecule has 0 spiro atoms. The van der Waals surface area contributed by atoms with Crippen LogP contribution in [0.15, 0.2) is 24.5 Å². The second kappa shape index (κ2) is 5.27. The van der Waals surface area contributed by atoms with E-state index in [0.29, 0.717) is 12.5 Å². The summed E-state index contributed by atoms with van der Waals surface area (Å²) in [6.45, 7) is 4.47. The Morgan fingerprint density at radius 1 is 1.64 bits per heavy atom.